The molecule has 1 fully saturated rings. The summed E-state index contributed by atoms with van der Waals surface area (Å²) in [5, 5.41) is 8.25. The quantitative estimate of drug-likeness (QED) is 0.458. The molecule has 9 heteroatoms. The molecule has 5 rings (SSSR count). The highest BCUT2D eigenvalue weighted by atomic mass is 16.5. The van der Waals surface area contributed by atoms with E-state index in [0.717, 1.165) is 46.9 Å². The Balaban J connectivity index is 1.55. The Labute approximate surface area is 185 Å². The second-order valence-corrected chi connectivity index (χ2v) is 7.96. The van der Waals surface area contributed by atoms with Gasteiger partial charge in [-0.1, -0.05) is 12.8 Å². The summed E-state index contributed by atoms with van der Waals surface area (Å²) >= 11 is 0. The van der Waals surface area contributed by atoms with Crippen LogP contribution in [0.4, 0.5) is 5.95 Å². The van der Waals surface area contributed by atoms with Crippen molar-refractivity contribution in [2.75, 3.05) is 19.5 Å². The first-order chi connectivity index (χ1) is 15.7. The van der Waals surface area contributed by atoms with Gasteiger partial charge < -0.3 is 19.2 Å². The van der Waals surface area contributed by atoms with Gasteiger partial charge in [0, 0.05) is 29.7 Å². The molecule has 9 nitrogen and oxygen atoms in total. The molecule has 3 aromatic heterocycles. The Morgan fingerprint density at radius 2 is 2.00 bits per heavy atom. The smallest absolute Gasteiger partial charge is 0.245 e. The topological polar surface area (TPSA) is 99.6 Å². The van der Waals surface area contributed by atoms with Gasteiger partial charge in [-0.05, 0) is 31.9 Å². The largest absolute Gasteiger partial charge is 0.497 e. The Hall–Kier alpha value is -3.62. The molecule has 0 unspecified atom stereocenters. The number of benzene rings is 1. The van der Waals surface area contributed by atoms with Crippen molar-refractivity contribution in [3.63, 3.8) is 0 Å². The summed E-state index contributed by atoms with van der Waals surface area (Å²) in [6.07, 6.45) is 7.86. The van der Waals surface area contributed by atoms with E-state index >= 15 is 0 Å². The predicted octanol–water partition coefficient (Wildman–Crippen LogP) is 4.37. The van der Waals surface area contributed by atoms with E-state index in [4.69, 9.17) is 29.0 Å². The molecule has 1 aliphatic carbocycles. The molecule has 1 aromatic carbocycles. The monoisotopic (exact) mass is 434 g/mol. The fraction of sp³-hybridized carbons (Fsp3) is 0.391. The summed E-state index contributed by atoms with van der Waals surface area (Å²) in [6.45, 7) is 2.47. The number of hydrogen-bond donors (Lipinski definition) is 1. The fourth-order valence-electron chi connectivity index (χ4n) is 4.25. The number of aryl methyl sites for hydroxylation is 1. The summed E-state index contributed by atoms with van der Waals surface area (Å²) in [4.78, 5) is 14.0. The second kappa shape index (κ2) is 8.49. The van der Waals surface area contributed by atoms with Gasteiger partial charge in [0.2, 0.25) is 11.8 Å². The third kappa shape index (κ3) is 3.63. The highest BCUT2D eigenvalue weighted by molar-refractivity contribution is 5.66. The fourth-order valence-corrected chi connectivity index (χ4v) is 4.25. The lowest BCUT2D eigenvalue weighted by Gasteiger charge is -2.13. The van der Waals surface area contributed by atoms with Crippen LogP contribution in [-0.4, -0.2) is 38.8 Å². The summed E-state index contributed by atoms with van der Waals surface area (Å²) in [7, 11) is 3.28. The van der Waals surface area contributed by atoms with E-state index in [-0.39, 0.29) is 0 Å². The molecule has 0 spiro atoms. The van der Waals surface area contributed by atoms with Crippen molar-refractivity contribution in [2.24, 2.45) is 0 Å². The highest BCUT2D eigenvalue weighted by Gasteiger charge is 2.25. The van der Waals surface area contributed by atoms with Gasteiger partial charge >= 0.3 is 0 Å². The molecule has 32 heavy (non-hydrogen) atoms. The number of fused-ring (bicyclic) bond motifs is 1. The van der Waals surface area contributed by atoms with Crippen molar-refractivity contribution in [3.05, 3.63) is 47.6 Å². The standard InChI is InChI=1S/C23H26N6O3/c1-14-19(22-24-10-11-32-22)26-23(25-13-16-8-9-17(30-2)12-18(16)31-3)29-21(14)27-20(28-29)15-6-4-5-7-15/h8-12,15H,4-7,13H2,1-3H3,(H,25,26). The molecule has 0 atom stereocenters. The first-order valence-electron chi connectivity index (χ1n) is 10.8. The first kappa shape index (κ1) is 20.3. The van der Waals surface area contributed by atoms with Gasteiger partial charge in [0.25, 0.3) is 0 Å². The molecule has 0 saturated heterocycles. The average Bonchev–Trinajstić information content (AvgIpc) is 3.59. The molecule has 0 radical (unpaired) electrons. The van der Waals surface area contributed by atoms with Crippen molar-refractivity contribution in [3.8, 4) is 23.1 Å². The molecular weight excluding hydrogens is 408 g/mol. The normalized spacial score (nSPS) is 14.2. The van der Waals surface area contributed by atoms with Crippen LogP contribution < -0.4 is 14.8 Å². The van der Waals surface area contributed by atoms with Crippen LogP contribution in [-0.2, 0) is 6.54 Å². The SMILES string of the molecule is COc1ccc(CNc2nc(-c3ncco3)c(C)c3nc(C4CCCC4)nn23)c(OC)c1. The van der Waals surface area contributed by atoms with Gasteiger partial charge in [0.1, 0.15) is 23.5 Å². The molecule has 3 heterocycles. The first-order valence-corrected chi connectivity index (χ1v) is 10.8. The number of ether oxygens (including phenoxy) is 2. The number of rotatable bonds is 7. The maximum absolute atomic E-state index is 5.54. The van der Waals surface area contributed by atoms with Crippen LogP contribution in [0.5, 0.6) is 11.5 Å². The van der Waals surface area contributed by atoms with Gasteiger partial charge in [0.05, 0.1) is 20.4 Å². The van der Waals surface area contributed by atoms with Crippen LogP contribution in [0.1, 0.15) is 48.6 Å². The van der Waals surface area contributed by atoms with Gasteiger partial charge in [-0.25, -0.2) is 15.0 Å². The van der Waals surface area contributed by atoms with E-state index in [1.54, 1.807) is 31.2 Å². The molecule has 1 aliphatic rings. The van der Waals surface area contributed by atoms with Crippen LogP contribution in [0.25, 0.3) is 17.2 Å². The number of anilines is 1. The van der Waals surface area contributed by atoms with Crippen molar-refractivity contribution in [2.45, 2.75) is 45.1 Å². The molecular formula is C23H26N6O3. The number of nitrogens with one attached hydrogen (secondary N) is 1. The Bertz CT molecular complexity index is 1230. The molecule has 0 amide bonds. The van der Waals surface area contributed by atoms with Crippen molar-refractivity contribution < 1.29 is 13.9 Å². The number of hydrogen-bond acceptors (Lipinski definition) is 8. The second-order valence-electron chi connectivity index (χ2n) is 7.96. The van der Waals surface area contributed by atoms with E-state index in [9.17, 15) is 0 Å². The zero-order valence-corrected chi connectivity index (χ0v) is 18.5. The van der Waals surface area contributed by atoms with Crippen molar-refractivity contribution in [1.82, 2.24) is 24.6 Å². The average molecular weight is 435 g/mol. The predicted molar refractivity (Wildman–Crippen MR) is 119 cm³/mol. The molecule has 0 aliphatic heterocycles. The molecule has 1 N–H and O–H groups in total. The molecule has 1 saturated carbocycles. The summed E-state index contributed by atoms with van der Waals surface area (Å²) in [6, 6.07) is 5.74. The van der Waals surface area contributed by atoms with E-state index in [1.807, 2.05) is 25.1 Å². The van der Waals surface area contributed by atoms with E-state index in [2.05, 4.69) is 10.3 Å². The van der Waals surface area contributed by atoms with Crippen LogP contribution >= 0.6 is 0 Å². The third-order valence-electron chi connectivity index (χ3n) is 6.02. The summed E-state index contributed by atoms with van der Waals surface area (Å²) in [5.41, 5.74) is 3.27. The van der Waals surface area contributed by atoms with Gasteiger partial charge in [-0.15, -0.1) is 5.10 Å². The lowest BCUT2D eigenvalue weighted by atomic mass is 10.1. The zero-order chi connectivity index (χ0) is 22.1. The maximum Gasteiger partial charge on any atom is 0.245 e. The van der Waals surface area contributed by atoms with E-state index < -0.39 is 0 Å². The zero-order valence-electron chi connectivity index (χ0n) is 18.5. The van der Waals surface area contributed by atoms with Crippen LogP contribution in [0.2, 0.25) is 0 Å². The van der Waals surface area contributed by atoms with Gasteiger partial charge in [-0.3, -0.25) is 0 Å². The Morgan fingerprint density at radius 1 is 1.16 bits per heavy atom. The lowest BCUT2D eigenvalue weighted by molar-refractivity contribution is 0.391. The van der Waals surface area contributed by atoms with Crippen molar-refractivity contribution >= 4 is 11.6 Å². The van der Waals surface area contributed by atoms with Crippen LogP contribution in [0.15, 0.2) is 35.1 Å². The summed E-state index contributed by atoms with van der Waals surface area (Å²) in [5.74, 6) is 3.79. The van der Waals surface area contributed by atoms with Crippen LogP contribution in [0, 0.1) is 6.92 Å². The Kier molecular flexibility index (Phi) is 5.38. The van der Waals surface area contributed by atoms with Gasteiger partial charge in [0.15, 0.2) is 11.5 Å². The number of aromatic nitrogens is 5. The maximum atomic E-state index is 5.54. The molecule has 4 aromatic rings. The minimum absolute atomic E-state index is 0.397. The Morgan fingerprint density at radius 3 is 2.72 bits per heavy atom. The van der Waals surface area contributed by atoms with E-state index in [0.29, 0.717) is 30.0 Å². The highest BCUT2D eigenvalue weighted by Crippen LogP contribution is 2.34. The minimum atomic E-state index is 0.397. The number of nitrogens with zero attached hydrogens (tertiary/aromatic N) is 5. The summed E-state index contributed by atoms with van der Waals surface area (Å²) < 4.78 is 18.2. The third-order valence-corrected chi connectivity index (χ3v) is 6.02. The van der Waals surface area contributed by atoms with Gasteiger partial charge in [-0.2, -0.15) is 4.52 Å². The van der Waals surface area contributed by atoms with Crippen LogP contribution in [0.3, 0.4) is 0 Å². The minimum Gasteiger partial charge on any atom is -0.497 e. The number of methoxy groups -OCH3 is 2. The lowest BCUT2D eigenvalue weighted by Crippen LogP contribution is -2.10. The van der Waals surface area contributed by atoms with E-state index in [1.165, 1.54) is 12.8 Å². The number of oxazole rings is 1. The molecule has 166 valence electrons. The van der Waals surface area contributed by atoms with Crippen molar-refractivity contribution in [1.29, 1.82) is 0 Å². The molecule has 0 bridgehead atoms.